The molecule has 0 saturated carbocycles. The lowest BCUT2D eigenvalue weighted by Gasteiger charge is -2.08. The summed E-state index contributed by atoms with van der Waals surface area (Å²) >= 11 is 1.19. The smallest absolute Gasteiger partial charge is 0.345 e. The molecule has 2 N–H and O–H groups in total. The lowest BCUT2D eigenvalue weighted by molar-refractivity contribution is 0.0702. The maximum absolute atomic E-state index is 10.7. The Labute approximate surface area is 102 Å². The molecule has 17 heavy (non-hydrogen) atoms. The summed E-state index contributed by atoms with van der Waals surface area (Å²) in [6.07, 6.45) is 0. The van der Waals surface area contributed by atoms with Crippen molar-refractivity contribution >= 4 is 28.0 Å². The second-order valence-corrected chi connectivity index (χ2v) is 4.38. The van der Waals surface area contributed by atoms with Gasteiger partial charge in [-0.3, -0.25) is 0 Å². The fraction of sp³-hybridized carbons (Fsp3) is 0.0833. The minimum Gasteiger partial charge on any atom is -0.495 e. The number of hydrogen-bond acceptors (Lipinski definition) is 4. The molecule has 5 heteroatoms. The fourth-order valence-electron chi connectivity index (χ4n) is 1.40. The first-order chi connectivity index (χ1) is 8.20. The van der Waals surface area contributed by atoms with Gasteiger partial charge < -0.3 is 15.2 Å². The van der Waals surface area contributed by atoms with Crippen molar-refractivity contribution in [1.82, 2.24) is 0 Å². The molecular formula is C12H11NO3S. The summed E-state index contributed by atoms with van der Waals surface area (Å²) in [6, 6.07) is 10.8. The SMILES string of the molecule is COc1ccccc1Nc1ccc(C(=O)O)s1. The second kappa shape index (κ2) is 4.88. The van der Waals surface area contributed by atoms with Crippen molar-refractivity contribution in [3.05, 3.63) is 41.3 Å². The molecule has 0 spiro atoms. The predicted octanol–water partition coefficient (Wildman–Crippen LogP) is 3.20. The number of rotatable bonds is 4. The predicted molar refractivity (Wildman–Crippen MR) is 67.6 cm³/mol. The van der Waals surface area contributed by atoms with Crippen LogP contribution in [0.2, 0.25) is 0 Å². The Bertz CT molecular complexity index is 536. The average Bonchev–Trinajstić information content (AvgIpc) is 2.78. The Kier molecular flexibility index (Phi) is 3.30. The summed E-state index contributed by atoms with van der Waals surface area (Å²) in [7, 11) is 1.59. The van der Waals surface area contributed by atoms with E-state index >= 15 is 0 Å². The molecule has 0 atom stereocenters. The summed E-state index contributed by atoms with van der Waals surface area (Å²) in [5.41, 5.74) is 0.814. The van der Waals surface area contributed by atoms with E-state index in [0.29, 0.717) is 4.88 Å². The van der Waals surface area contributed by atoms with Gasteiger partial charge in [-0.25, -0.2) is 4.79 Å². The highest BCUT2D eigenvalue weighted by molar-refractivity contribution is 7.17. The van der Waals surface area contributed by atoms with Crippen LogP contribution in [0.25, 0.3) is 0 Å². The molecule has 1 heterocycles. The Balaban J connectivity index is 2.22. The fourth-order valence-corrected chi connectivity index (χ4v) is 2.16. The topological polar surface area (TPSA) is 58.6 Å². The average molecular weight is 249 g/mol. The van der Waals surface area contributed by atoms with Crippen LogP contribution in [-0.4, -0.2) is 18.2 Å². The molecular weight excluding hydrogens is 238 g/mol. The van der Waals surface area contributed by atoms with Gasteiger partial charge in [0.05, 0.1) is 17.8 Å². The first-order valence-electron chi connectivity index (χ1n) is 4.94. The molecule has 0 aliphatic carbocycles. The highest BCUT2D eigenvalue weighted by Crippen LogP contribution is 2.30. The number of ether oxygens (including phenoxy) is 1. The minimum atomic E-state index is -0.914. The Morgan fingerprint density at radius 1 is 1.29 bits per heavy atom. The molecule has 0 aliphatic rings. The molecule has 4 nitrogen and oxygen atoms in total. The number of para-hydroxylation sites is 2. The minimum absolute atomic E-state index is 0.308. The van der Waals surface area contributed by atoms with Gasteiger partial charge in [0, 0.05) is 0 Å². The molecule has 1 aromatic carbocycles. The van der Waals surface area contributed by atoms with E-state index in [0.717, 1.165) is 16.4 Å². The number of benzene rings is 1. The molecule has 0 saturated heterocycles. The third-order valence-electron chi connectivity index (χ3n) is 2.18. The van der Waals surface area contributed by atoms with E-state index in [9.17, 15) is 4.79 Å². The molecule has 88 valence electrons. The Morgan fingerprint density at radius 3 is 2.71 bits per heavy atom. The molecule has 0 aliphatic heterocycles. The number of methoxy groups -OCH3 is 1. The van der Waals surface area contributed by atoms with Crippen LogP contribution in [0.1, 0.15) is 9.67 Å². The Hall–Kier alpha value is -2.01. The molecule has 2 aromatic rings. The van der Waals surface area contributed by atoms with Crippen LogP contribution in [0.3, 0.4) is 0 Å². The van der Waals surface area contributed by atoms with Crippen LogP contribution in [0.4, 0.5) is 10.7 Å². The number of anilines is 2. The van der Waals surface area contributed by atoms with Crippen molar-refractivity contribution < 1.29 is 14.6 Å². The summed E-state index contributed by atoms with van der Waals surface area (Å²) in [5, 5.41) is 12.7. The number of carbonyl (C=O) groups is 1. The molecule has 0 amide bonds. The first kappa shape index (κ1) is 11.5. The van der Waals surface area contributed by atoms with Gasteiger partial charge in [0.1, 0.15) is 10.6 Å². The van der Waals surface area contributed by atoms with E-state index in [1.165, 1.54) is 11.3 Å². The van der Waals surface area contributed by atoms with E-state index in [2.05, 4.69) is 5.32 Å². The van der Waals surface area contributed by atoms with Crippen molar-refractivity contribution in [3.8, 4) is 5.75 Å². The number of aromatic carboxylic acids is 1. The first-order valence-corrected chi connectivity index (χ1v) is 5.75. The van der Waals surface area contributed by atoms with Crippen LogP contribution in [-0.2, 0) is 0 Å². The van der Waals surface area contributed by atoms with E-state index in [1.54, 1.807) is 19.2 Å². The van der Waals surface area contributed by atoms with Gasteiger partial charge in [0.25, 0.3) is 0 Å². The zero-order valence-corrected chi connectivity index (χ0v) is 9.95. The van der Waals surface area contributed by atoms with Gasteiger partial charge in [-0.05, 0) is 24.3 Å². The van der Waals surface area contributed by atoms with Gasteiger partial charge >= 0.3 is 5.97 Å². The van der Waals surface area contributed by atoms with E-state index in [1.807, 2.05) is 24.3 Å². The highest BCUT2D eigenvalue weighted by Gasteiger charge is 2.08. The van der Waals surface area contributed by atoms with E-state index in [-0.39, 0.29) is 0 Å². The van der Waals surface area contributed by atoms with E-state index < -0.39 is 5.97 Å². The van der Waals surface area contributed by atoms with Crippen LogP contribution >= 0.6 is 11.3 Å². The van der Waals surface area contributed by atoms with Crippen molar-refractivity contribution in [2.45, 2.75) is 0 Å². The number of carboxylic acid groups (broad SMARTS) is 1. The van der Waals surface area contributed by atoms with Gasteiger partial charge in [-0.15, -0.1) is 11.3 Å². The van der Waals surface area contributed by atoms with Crippen LogP contribution in [0, 0.1) is 0 Å². The van der Waals surface area contributed by atoms with Crippen LogP contribution in [0.15, 0.2) is 36.4 Å². The number of thiophene rings is 1. The maximum atomic E-state index is 10.7. The van der Waals surface area contributed by atoms with Gasteiger partial charge in [0.2, 0.25) is 0 Å². The molecule has 0 unspecified atom stereocenters. The van der Waals surface area contributed by atoms with Crippen LogP contribution in [0.5, 0.6) is 5.75 Å². The largest absolute Gasteiger partial charge is 0.495 e. The molecule has 0 fully saturated rings. The van der Waals surface area contributed by atoms with Gasteiger partial charge in [0.15, 0.2) is 0 Å². The quantitative estimate of drug-likeness (QED) is 0.873. The lowest BCUT2D eigenvalue weighted by Crippen LogP contribution is -1.92. The third-order valence-corrected chi connectivity index (χ3v) is 3.17. The number of carboxylic acids is 1. The number of nitrogens with one attached hydrogen (secondary N) is 1. The standard InChI is InChI=1S/C12H11NO3S/c1-16-9-5-3-2-4-8(9)13-11-7-6-10(17-11)12(14)15/h2-7,13H,1H3,(H,14,15). The van der Waals surface area contributed by atoms with Gasteiger partial charge in [-0.1, -0.05) is 12.1 Å². The molecule has 0 bridgehead atoms. The van der Waals surface area contributed by atoms with Crippen molar-refractivity contribution in [1.29, 1.82) is 0 Å². The summed E-state index contributed by atoms with van der Waals surface area (Å²) in [5.74, 6) is -0.194. The monoisotopic (exact) mass is 249 g/mol. The third kappa shape index (κ3) is 2.57. The zero-order chi connectivity index (χ0) is 12.3. The summed E-state index contributed by atoms with van der Waals surface area (Å²) < 4.78 is 5.20. The summed E-state index contributed by atoms with van der Waals surface area (Å²) in [6.45, 7) is 0. The Morgan fingerprint density at radius 2 is 2.06 bits per heavy atom. The van der Waals surface area contributed by atoms with E-state index in [4.69, 9.17) is 9.84 Å². The second-order valence-electron chi connectivity index (χ2n) is 3.29. The molecule has 0 radical (unpaired) electrons. The van der Waals surface area contributed by atoms with Crippen molar-refractivity contribution in [3.63, 3.8) is 0 Å². The molecule has 2 rings (SSSR count). The number of hydrogen-bond donors (Lipinski definition) is 2. The lowest BCUT2D eigenvalue weighted by atomic mass is 10.3. The highest BCUT2D eigenvalue weighted by atomic mass is 32.1. The van der Waals surface area contributed by atoms with Crippen molar-refractivity contribution in [2.75, 3.05) is 12.4 Å². The van der Waals surface area contributed by atoms with Crippen LogP contribution < -0.4 is 10.1 Å². The summed E-state index contributed by atoms with van der Waals surface area (Å²) in [4.78, 5) is 11.1. The van der Waals surface area contributed by atoms with Crippen molar-refractivity contribution in [2.24, 2.45) is 0 Å². The zero-order valence-electron chi connectivity index (χ0n) is 9.14. The normalized spacial score (nSPS) is 9.94. The molecule has 1 aromatic heterocycles. The van der Waals surface area contributed by atoms with Gasteiger partial charge in [-0.2, -0.15) is 0 Å². The maximum Gasteiger partial charge on any atom is 0.345 e.